The van der Waals surface area contributed by atoms with E-state index in [1.54, 1.807) is 19.5 Å². The van der Waals surface area contributed by atoms with Crippen molar-refractivity contribution in [2.45, 2.75) is 25.8 Å². The SMILES string of the molecule is COCC[C@@]1(C(=O)O)CCCN(Cc2ccncc2)C1. The number of hydrogen-bond donors (Lipinski definition) is 1. The Hall–Kier alpha value is -1.46. The molecule has 0 aromatic carbocycles. The Kier molecular flexibility index (Phi) is 5.09. The molecule has 1 aromatic heterocycles. The van der Waals surface area contributed by atoms with Crippen molar-refractivity contribution >= 4 is 5.97 Å². The predicted molar refractivity (Wildman–Crippen MR) is 75.3 cm³/mol. The summed E-state index contributed by atoms with van der Waals surface area (Å²) in [4.78, 5) is 17.9. The molecular formula is C15H22N2O3. The molecule has 110 valence electrons. The Bertz CT molecular complexity index is 438. The molecule has 0 radical (unpaired) electrons. The second-order valence-electron chi connectivity index (χ2n) is 5.50. The molecule has 1 fully saturated rings. The van der Waals surface area contributed by atoms with E-state index in [0.29, 0.717) is 19.6 Å². The molecule has 0 saturated carbocycles. The van der Waals surface area contributed by atoms with Crippen molar-refractivity contribution in [1.82, 2.24) is 9.88 Å². The summed E-state index contributed by atoms with van der Waals surface area (Å²) in [5.74, 6) is -0.700. The smallest absolute Gasteiger partial charge is 0.311 e. The first-order chi connectivity index (χ1) is 9.66. The molecule has 2 rings (SSSR count). The fraction of sp³-hybridized carbons (Fsp3) is 0.600. The third kappa shape index (κ3) is 3.55. The average molecular weight is 278 g/mol. The summed E-state index contributed by atoms with van der Waals surface area (Å²) in [6, 6.07) is 3.96. The van der Waals surface area contributed by atoms with E-state index in [-0.39, 0.29) is 0 Å². The third-order valence-electron chi connectivity index (χ3n) is 4.05. The number of nitrogens with zero attached hydrogens (tertiary/aromatic N) is 2. The van der Waals surface area contributed by atoms with Gasteiger partial charge in [0.2, 0.25) is 0 Å². The van der Waals surface area contributed by atoms with Crippen molar-refractivity contribution in [2.24, 2.45) is 5.41 Å². The Morgan fingerprint density at radius 1 is 1.50 bits per heavy atom. The van der Waals surface area contributed by atoms with Gasteiger partial charge in [0, 0.05) is 39.2 Å². The van der Waals surface area contributed by atoms with E-state index < -0.39 is 11.4 Å². The van der Waals surface area contributed by atoms with Crippen LogP contribution in [0, 0.1) is 5.41 Å². The number of piperidine rings is 1. The second kappa shape index (κ2) is 6.81. The highest BCUT2D eigenvalue weighted by atomic mass is 16.5. The second-order valence-corrected chi connectivity index (χ2v) is 5.50. The van der Waals surface area contributed by atoms with E-state index in [1.165, 1.54) is 5.56 Å². The number of ether oxygens (including phenoxy) is 1. The first-order valence-corrected chi connectivity index (χ1v) is 7.00. The van der Waals surface area contributed by atoms with Crippen LogP contribution in [0.3, 0.4) is 0 Å². The fourth-order valence-corrected chi connectivity index (χ4v) is 2.89. The zero-order valence-electron chi connectivity index (χ0n) is 11.9. The minimum atomic E-state index is -0.700. The third-order valence-corrected chi connectivity index (χ3v) is 4.05. The number of rotatable bonds is 6. The summed E-state index contributed by atoms with van der Waals surface area (Å²) in [5, 5.41) is 9.61. The van der Waals surface area contributed by atoms with Crippen LogP contribution in [0.5, 0.6) is 0 Å². The van der Waals surface area contributed by atoms with E-state index in [9.17, 15) is 9.90 Å². The monoisotopic (exact) mass is 278 g/mol. The number of pyridine rings is 1. The molecule has 1 N–H and O–H groups in total. The van der Waals surface area contributed by atoms with Crippen LogP contribution in [0.4, 0.5) is 0 Å². The molecule has 1 aliphatic rings. The number of carboxylic acid groups (broad SMARTS) is 1. The topological polar surface area (TPSA) is 62.7 Å². The molecule has 1 aliphatic heterocycles. The van der Waals surface area contributed by atoms with Crippen LogP contribution in [-0.2, 0) is 16.1 Å². The molecule has 2 heterocycles. The Labute approximate surface area is 119 Å². The van der Waals surface area contributed by atoms with Crippen molar-refractivity contribution in [3.8, 4) is 0 Å². The van der Waals surface area contributed by atoms with Crippen molar-refractivity contribution < 1.29 is 14.6 Å². The fourth-order valence-electron chi connectivity index (χ4n) is 2.89. The molecule has 0 spiro atoms. The van der Waals surface area contributed by atoms with Gasteiger partial charge >= 0.3 is 5.97 Å². The molecule has 20 heavy (non-hydrogen) atoms. The van der Waals surface area contributed by atoms with Crippen LogP contribution in [0.2, 0.25) is 0 Å². The standard InChI is InChI=1S/C15H22N2O3/c1-20-10-6-15(14(18)19)5-2-9-17(12-15)11-13-3-7-16-8-4-13/h3-4,7-8H,2,5-6,9-12H2,1H3,(H,18,19)/t15-/m0/s1. The maximum atomic E-state index is 11.7. The molecular weight excluding hydrogens is 256 g/mol. The summed E-state index contributed by atoms with van der Waals surface area (Å²) in [5.41, 5.74) is 0.509. The largest absolute Gasteiger partial charge is 0.481 e. The van der Waals surface area contributed by atoms with Crippen LogP contribution in [0.25, 0.3) is 0 Å². The van der Waals surface area contributed by atoms with E-state index in [0.717, 1.165) is 25.9 Å². The van der Waals surface area contributed by atoms with Gasteiger partial charge in [0.25, 0.3) is 0 Å². The summed E-state index contributed by atoms with van der Waals surface area (Å²) in [7, 11) is 1.62. The van der Waals surface area contributed by atoms with Crippen LogP contribution >= 0.6 is 0 Å². The Balaban J connectivity index is 2.04. The number of carboxylic acids is 1. The minimum absolute atomic E-state index is 0.495. The predicted octanol–water partition coefficient (Wildman–Crippen LogP) is 1.78. The van der Waals surface area contributed by atoms with E-state index in [2.05, 4.69) is 9.88 Å². The van der Waals surface area contributed by atoms with Crippen molar-refractivity contribution in [3.05, 3.63) is 30.1 Å². The summed E-state index contributed by atoms with van der Waals surface area (Å²) >= 11 is 0. The van der Waals surface area contributed by atoms with Crippen molar-refractivity contribution in [2.75, 3.05) is 26.8 Å². The Morgan fingerprint density at radius 2 is 2.25 bits per heavy atom. The zero-order valence-corrected chi connectivity index (χ0v) is 11.9. The number of likely N-dealkylation sites (tertiary alicyclic amines) is 1. The number of methoxy groups -OCH3 is 1. The van der Waals surface area contributed by atoms with Gasteiger partial charge in [0.15, 0.2) is 0 Å². The highest BCUT2D eigenvalue weighted by molar-refractivity contribution is 5.75. The van der Waals surface area contributed by atoms with Crippen LogP contribution in [-0.4, -0.2) is 47.8 Å². The van der Waals surface area contributed by atoms with Gasteiger partial charge in [-0.05, 0) is 43.5 Å². The lowest BCUT2D eigenvalue weighted by atomic mass is 9.77. The maximum absolute atomic E-state index is 11.7. The molecule has 1 saturated heterocycles. The van der Waals surface area contributed by atoms with Gasteiger partial charge < -0.3 is 9.84 Å². The number of aromatic nitrogens is 1. The highest BCUT2D eigenvalue weighted by Gasteiger charge is 2.41. The van der Waals surface area contributed by atoms with Gasteiger partial charge in [-0.2, -0.15) is 0 Å². The van der Waals surface area contributed by atoms with Crippen LogP contribution in [0.1, 0.15) is 24.8 Å². The molecule has 0 bridgehead atoms. The van der Waals surface area contributed by atoms with Gasteiger partial charge in [-0.25, -0.2) is 0 Å². The van der Waals surface area contributed by atoms with Gasteiger partial charge in [-0.3, -0.25) is 14.7 Å². The lowest BCUT2D eigenvalue weighted by Gasteiger charge is -2.40. The molecule has 1 atom stereocenters. The highest BCUT2D eigenvalue weighted by Crippen LogP contribution is 2.34. The van der Waals surface area contributed by atoms with Crippen LogP contribution in [0.15, 0.2) is 24.5 Å². The number of aliphatic carboxylic acids is 1. The molecule has 0 amide bonds. The van der Waals surface area contributed by atoms with Gasteiger partial charge in [-0.15, -0.1) is 0 Å². The zero-order chi connectivity index (χ0) is 14.4. The van der Waals surface area contributed by atoms with Gasteiger partial charge in [0.05, 0.1) is 5.41 Å². The van der Waals surface area contributed by atoms with E-state index in [4.69, 9.17) is 4.74 Å². The van der Waals surface area contributed by atoms with Gasteiger partial charge in [0.1, 0.15) is 0 Å². The summed E-state index contributed by atoms with van der Waals surface area (Å²) in [6.07, 6.45) is 5.77. The van der Waals surface area contributed by atoms with Crippen LogP contribution < -0.4 is 0 Å². The molecule has 0 unspecified atom stereocenters. The molecule has 1 aromatic rings. The normalized spacial score (nSPS) is 23.6. The maximum Gasteiger partial charge on any atom is 0.311 e. The lowest BCUT2D eigenvalue weighted by Crippen LogP contribution is -2.48. The lowest BCUT2D eigenvalue weighted by molar-refractivity contribution is -0.154. The number of carbonyl (C=O) groups is 1. The number of hydrogen-bond acceptors (Lipinski definition) is 4. The first-order valence-electron chi connectivity index (χ1n) is 7.00. The van der Waals surface area contributed by atoms with Crippen molar-refractivity contribution in [1.29, 1.82) is 0 Å². The minimum Gasteiger partial charge on any atom is -0.481 e. The van der Waals surface area contributed by atoms with Crippen molar-refractivity contribution in [3.63, 3.8) is 0 Å². The summed E-state index contributed by atoms with van der Waals surface area (Å²) < 4.78 is 5.08. The molecule has 5 heteroatoms. The quantitative estimate of drug-likeness (QED) is 0.859. The Morgan fingerprint density at radius 3 is 2.90 bits per heavy atom. The van der Waals surface area contributed by atoms with E-state index >= 15 is 0 Å². The summed E-state index contributed by atoms with van der Waals surface area (Å²) in [6.45, 7) is 2.82. The van der Waals surface area contributed by atoms with E-state index in [1.807, 2.05) is 12.1 Å². The van der Waals surface area contributed by atoms with Gasteiger partial charge in [-0.1, -0.05) is 0 Å². The average Bonchev–Trinajstić information content (AvgIpc) is 2.46. The molecule has 0 aliphatic carbocycles. The first kappa shape index (κ1) is 14.9. The molecule has 5 nitrogen and oxygen atoms in total.